The molecule has 6 nitrogen and oxygen atoms in total. The molecular weight excluding hydrogens is 268 g/mol. The van der Waals surface area contributed by atoms with Crippen molar-refractivity contribution in [3.8, 4) is 11.1 Å². The molecule has 4 rings (SSSR count). The maximum atomic E-state index is 11.4. The van der Waals surface area contributed by atoms with Gasteiger partial charge in [0.15, 0.2) is 0 Å². The second-order valence-corrected chi connectivity index (χ2v) is 4.77. The molecule has 0 atom stereocenters. The lowest BCUT2D eigenvalue weighted by atomic mass is 10.0. The summed E-state index contributed by atoms with van der Waals surface area (Å²) in [5.74, 6) is 0. The van der Waals surface area contributed by atoms with Crippen molar-refractivity contribution in [1.82, 2.24) is 19.9 Å². The first-order chi connectivity index (χ1) is 10.2. The molecule has 4 aromatic rings. The van der Waals surface area contributed by atoms with E-state index in [0.717, 1.165) is 22.2 Å². The summed E-state index contributed by atoms with van der Waals surface area (Å²) in [6.45, 7) is 0. The maximum Gasteiger partial charge on any atom is 0.314 e. The van der Waals surface area contributed by atoms with Gasteiger partial charge in [0.2, 0.25) is 0 Å². The van der Waals surface area contributed by atoms with Gasteiger partial charge in [0.05, 0.1) is 11.0 Å². The fourth-order valence-corrected chi connectivity index (χ4v) is 2.49. The Hall–Kier alpha value is -3.15. The normalized spacial score (nSPS) is 11.2. The molecule has 0 spiro atoms. The van der Waals surface area contributed by atoms with Gasteiger partial charge >= 0.3 is 11.1 Å². The van der Waals surface area contributed by atoms with Gasteiger partial charge in [-0.2, -0.15) is 0 Å². The van der Waals surface area contributed by atoms with Crippen LogP contribution >= 0.6 is 0 Å². The zero-order valence-electron chi connectivity index (χ0n) is 10.8. The SMILES string of the molecule is O=c1[nH]c2ccc(-c3ccnc4[nH]ccc34)cc2[nH]c1=O. The van der Waals surface area contributed by atoms with E-state index in [2.05, 4.69) is 19.9 Å². The van der Waals surface area contributed by atoms with Crippen LogP contribution in [0.2, 0.25) is 0 Å². The van der Waals surface area contributed by atoms with Crippen molar-refractivity contribution in [1.29, 1.82) is 0 Å². The number of nitrogens with one attached hydrogen (secondary N) is 3. The Morgan fingerprint density at radius 1 is 0.905 bits per heavy atom. The second-order valence-electron chi connectivity index (χ2n) is 4.77. The van der Waals surface area contributed by atoms with Gasteiger partial charge in [-0.05, 0) is 35.4 Å². The molecule has 0 unspecified atom stereocenters. The van der Waals surface area contributed by atoms with Crippen LogP contribution in [0.3, 0.4) is 0 Å². The van der Waals surface area contributed by atoms with Crippen molar-refractivity contribution < 1.29 is 0 Å². The van der Waals surface area contributed by atoms with E-state index in [9.17, 15) is 9.59 Å². The Labute approximate surface area is 117 Å². The lowest BCUT2D eigenvalue weighted by molar-refractivity contribution is 1.15. The van der Waals surface area contributed by atoms with Gasteiger partial charge in [0, 0.05) is 17.8 Å². The number of hydrogen-bond donors (Lipinski definition) is 3. The molecule has 1 aromatic carbocycles. The van der Waals surface area contributed by atoms with Crippen LogP contribution in [0, 0.1) is 0 Å². The van der Waals surface area contributed by atoms with E-state index in [1.54, 1.807) is 12.3 Å². The van der Waals surface area contributed by atoms with Crippen LogP contribution in [0.1, 0.15) is 0 Å². The number of fused-ring (bicyclic) bond motifs is 2. The van der Waals surface area contributed by atoms with Crippen LogP contribution in [0.4, 0.5) is 0 Å². The number of hydrogen-bond acceptors (Lipinski definition) is 3. The lowest BCUT2D eigenvalue weighted by Crippen LogP contribution is -2.28. The molecular formula is C15H10N4O2. The first-order valence-electron chi connectivity index (χ1n) is 6.41. The van der Waals surface area contributed by atoms with Crippen LogP contribution in [-0.2, 0) is 0 Å². The average molecular weight is 278 g/mol. The molecule has 0 bridgehead atoms. The molecule has 0 aliphatic rings. The quantitative estimate of drug-likeness (QED) is 0.463. The van der Waals surface area contributed by atoms with E-state index in [4.69, 9.17) is 0 Å². The van der Waals surface area contributed by atoms with Gasteiger partial charge in [-0.1, -0.05) is 6.07 Å². The number of benzene rings is 1. The largest absolute Gasteiger partial charge is 0.346 e. The van der Waals surface area contributed by atoms with Gasteiger partial charge in [-0.15, -0.1) is 0 Å². The predicted octanol–water partition coefficient (Wildman–Crippen LogP) is 1.76. The minimum atomic E-state index is -0.652. The molecule has 3 aromatic heterocycles. The topological polar surface area (TPSA) is 94.4 Å². The van der Waals surface area contributed by atoms with Gasteiger partial charge in [0.25, 0.3) is 0 Å². The minimum Gasteiger partial charge on any atom is -0.346 e. The summed E-state index contributed by atoms with van der Waals surface area (Å²) in [7, 11) is 0. The van der Waals surface area contributed by atoms with E-state index in [1.807, 2.05) is 30.5 Å². The van der Waals surface area contributed by atoms with Crippen molar-refractivity contribution in [3.05, 3.63) is 63.4 Å². The number of H-pyrrole nitrogens is 3. The predicted molar refractivity (Wildman–Crippen MR) is 80.3 cm³/mol. The van der Waals surface area contributed by atoms with Crippen LogP contribution < -0.4 is 11.1 Å². The summed E-state index contributed by atoms with van der Waals surface area (Å²) in [4.78, 5) is 35.2. The standard InChI is InChI=1S/C15H10N4O2/c20-14-15(21)19-12-7-8(1-2-11(12)18-14)9-3-5-16-13-10(9)4-6-17-13/h1-7H,(H,16,17)(H,18,20)(H,19,21). The second kappa shape index (κ2) is 4.17. The zero-order valence-corrected chi connectivity index (χ0v) is 10.8. The van der Waals surface area contributed by atoms with Gasteiger partial charge in [-0.25, -0.2) is 4.98 Å². The first-order valence-corrected chi connectivity index (χ1v) is 6.41. The molecule has 6 heteroatoms. The summed E-state index contributed by atoms with van der Waals surface area (Å²) < 4.78 is 0. The Balaban J connectivity index is 2.03. The van der Waals surface area contributed by atoms with Crippen LogP contribution in [0.25, 0.3) is 33.2 Å². The molecule has 0 saturated carbocycles. The average Bonchev–Trinajstić information content (AvgIpc) is 2.96. The Morgan fingerprint density at radius 3 is 2.57 bits per heavy atom. The highest BCUT2D eigenvalue weighted by atomic mass is 16.2. The third-order valence-corrected chi connectivity index (χ3v) is 3.49. The van der Waals surface area contributed by atoms with Gasteiger partial charge in [0.1, 0.15) is 5.65 Å². The first kappa shape index (κ1) is 11.7. The van der Waals surface area contributed by atoms with Gasteiger partial charge in [-0.3, -0.25) is 9.59 Å². The van der Waals surface area contributed by atoms with Crippen LogP contribution in [0.5, 0.6) is 0 Å². The maximum absolute atomic E-state index is 11.4. The van der Waals surface area contributed by atoms with Crippen LogP contribution in [0.15, 0.2) is 52.3 Å². The molecule has 0 radical (unpaired) electrons. The number of rotatable bonds is 1. The highest BCUT2D eigenvalue weighted by Crippen LogP contribution is 2.28. The summed E-state index contributed by atoms with van der Waals surface area (Å²) in [5, 5.41) is 1.00. The molecule has 3 N–H and O–H groups in total. The van der Waals surface area contributed by atoms with Crippen molar-refractivity contribution in [2.24, 2.45) is 0 Å². The summed E-state index contributed by atoms with van der Waals surface area (Å²) >= 11 is 0. The minimum absolute atomic E-state index is 0.595. The highest BCUT2D eigenvalue weighted by Gasteiger charge is 2.07. The van der Waals surface area contributed by atoms with E-state index in [0.29, 0.717) is 11.0 Å². The number of aromatic nitrogens is 4. The summed E-state index contributed by atoms with van der Waals surface area (Å²) in [6, 6.07) is 9.40. The molecule has 0 amide bonds. The Morgan fingerprint density at radius 2 is 1.71 bits per heavy atom. The Bertz CT molecular complexity index is 1090. The van der Waals surface area contributed by atoms with Crippen LogP contribution in [-0.4, -0.2) is 19.9 Å². The van der Waals surface area contributed by atoms with E-state index in [1.165, 1.54) is 0 Å². The number of aromatic amines is 3. The van der Waals surface area contributed by atoms with Gasteiger partial charge < -0.3 is 15.0 Å². The molecule has 102 valence electrons. The highest BCUT2D eigenvalue weighted by molar-refractivity contribution is 5.94. The number of pyridine rings is 1. The van der Waals surface area contributed by atoms with Crippen molar-refractivity contribution in [2.75, 3.05) is 0 Å². The number of nitrogens with zero attached hydrogens (tertiary/aromatic N) is 1. The fraction of sp³-hybridized carbons (Fsp3) is 0. The third kappa shape index (κ3) is 1.77. The van der Waals surface area contributed by atoms with E-state index in [-0.39, 0.29) is 0 Å². The molecule has 3 heterocycles. The molecule has 21 heavy (non-hydrogen) atoms. The fourth-order valence-electron chi connectivity index (χ4n) is 2.49. The lowest BCUT2D eigenvalue weighted by Gasteiger charge is -2.05. The third-order valence-electron chi connectivity index (χ3n) is 3.49. The summed E-state index contributed by atoms with van der Waals surface area (Å²) in [5.41, 5.74) is 2.66. The van der Waals surface area contributed by atoms with Crippen molar-refractivity contribution in [3.63, 3.8) is 0 Å². The van der Waals surface area contributed by atoms with Crippen molar-refractivity contribution in [2.45, 2.75) is 0 Å². The summed E-state index contributed by atoms with van der Waals surface area (Å²) in [6.07, 6.45) is 3.57. The molecule has 0 aliphatic heterocycles. The van der Waals surface area contributed by atoms with Crippen molar-refractivity contribution >= 4 is 22.1 Å². The monoisotopic (exact) mass is 278 g/mol. The molecule has 0 saturated heterocycles. The van der Waals surface area contributed by atoms with E-state index >= 15 is 0 Å². The smallest absolute Gasteiger partial charge is 0.314 e. The Kier molecular flexibility index (Phi) is 2.32. The van der Waals surface area contributed by atoms with E-state index < -0.39 is 11.1 Å². The molecule has 0 fully saturated rings. The zero-order chi connectivity index (χ0) is 14.4. The molecule has 0 aliphatic carbocycles.